The van der Waals surface area contributed by atoms with E-state index in [0.29, 0.717) is 17.0 Å². The van der Waals surface area contributed by atoms with E-state index < -0.39 is 0 Å². The van der Waals surface area contributed by atoms with Crippen molar-refractivity contribution in [2.45, 2.75) is 12.5 Å². The Morgan fingerprint density at radius 3 is 2.88 bits per heavy atom. The van der Waals surface area contributed by atoms with Crippen LogP contribution in [-0.2, 0) is 6.42 Å². The SMILES string of the molecule is NC(Cc1ccsc1)c1cc(F)ccc1Cl. The molecule has 1 unspecified atom stereocenters. The maximum atomic E-state index is 13.1. The molecule has 0 spiro atoms. The summed E-state index contributed by atoms with van der Waals surface area (Å²) in [7, 11) is 0. The molecule has 4 heteroatoms. The molecule has 0 aliphatic rings. The molecule has 16 heavy (non-hydrogen) atoms. The first kappa shape index (κ1) is 11.6. The zero-order chi connectivity index (χ0) is 11.5. The van der Waals surface area contributed by atoms with Crippen LogP contribution in [0.5, 0.6) is 0 Å². The molecule has 0 amide bonds. The van der Waals surface area contributed by atoms with Gasteiger partial charge in [-0.05, 0) is 52.6 Å². The van der Waals surface area contributed by atoms with Crippen LogP contribution < -0.4 is 5.73 Å². The van der Waals surface area contributed by atoms with E-state index in [-0.39, 0.29) is 11.9 Å². The smallest absolute Gasteiger partial charge is 0.123 e. The quantitative estimate of drug-likeness (QED) is 0.887. The number of thiophene rings is 1. The zero-order valence-electron chi connectivity index (χ0n) is 8.49. The minimum absolute atomic E-state index is 0.266. The number of halogens is 2. The van der Waals surface area contributed by atoms with Crippen molar-refractivity contribution in [2.75, 3.05) is 0 Å². The third kappa shape index (κ3) is 2.61. The molecule has 84 valence electrons. The molecular weight excluding hydrogens is 245 g/mol. The van der Waals surface area contributed by atoms with Gasteiger partial charge in [0.05, 0.1) is 0 Å². The van der Waals surface area contributed by atoms with Crippen LogP contribution in [0.25, 0.3) is 0 Å². The van der Waals surface area contributed by atoms with Gasteiger partial charge < -0.3 is 5.73 Å². The predicted molar refractivity (Wildman–Crippen MR) is 66.4 cm³/mol. The monoisotopic (exact) mass is 255 g/mol. The van der Waals surface area contributed by atoms with Gasteiger partial charge in [0.2, 0.25) is 0 Å². The maximum absolute atomic E-state index is 13.1. The van der Waals surface area contributed by atoms with E-state index >= 15 is 0 Å². The average Bonchev–Trinajstić information content (AvgIpc) is 2.74. The van der Waals surface area contributed by atoms with Crippen LogP contribution in [0, 0.1) is 5.82 Å². The Labute approximate surface area is 103 Å². The molecule has 1 atom stereocenters. The summed E-state index contributed by atoms with van der Waals surface area (Å²) in [5, 5.41) is 4.55. The van der Waals surface area contributed by atoms with Crippen molar-refractivity contribution >= 4 is 22.9 Å². The van der Waals surface area contributed by atoms with Crippen molar-refractivity contribution in [2.24, 2.45) is 5.73 Å². The highest BCUT2D eigenvalue weighted by Gasteiger charge is 2.12. The van der Waals surface area contributed by atoms with Crippen LogP contribution in [0.3, 0.4) is 0 Å². The third-order valence-corrected chi connectivity index (χ3v) is 3.47. The number of hydrogen-bond acceptors (Lipinski definition) is 2. The molecule has 0 aliphatic heterocycles. The normalized spacial score (nSPS) is 12.7. The first-order chi connectivity index (χ1) is 7.66. The highest BCUT2D eigenvalue weighted by Crippen LogP contribution is 2.25. The van der Waals surface area contributed by atoms with Gasteiger partial charge in [-0.2, -0.15) is 11.3 Å². The van der Waals surface area contributed by atoms with Gasteiger partial charge in [0.15, 0.2) is 0 Å². The van der Waals surface area contributed by atoms with Gasteiger partial charge >= 0.3 is 0 Å². The predicted octanol–water partition coefficient (Wildman–Crippen LogP) is 3.78. The van der Waals surface area contributed by atoms with Crippen molar-refractivity contribution < 1.29 is 4.39 Å². The first-order valence-electron chi connectivity index (χ1n) is 4.88. The van der Waals surface area contributed by atoms with Crippen LogP contribution in [0.15, 0.2) is 35.0 Å². The Balaban J connectivity index is 2.20. The fourth-order valence-electron chi connectivity index (χ4n) is 1.57. The molecule has 1 heterocycles. The van der Waals surface area contributed by atoms with Crippen molar-refractivity contribution in [3.63, 3.8) is 0 Å². The van der Waals surface area contributed by atoms with E-state index in [2.05, 4.69) is 0 Å². The van der Waals surface area contributed by atoms with Gasteiger partial charge in [-0.15, -0.1) is 0 Å². The Morgan fingerprint density at radius 2 is 2.19 bits per heavy atom. The van der Waals surface area contributed by atoms with E-state index in [1.54, 1.807) is 17.4 Å². The Kier molecular flexibility index (Phi) is 3.59. The lowest BCUT2D eigenvalue weighted by Crippen LogP contribution is -2.13. The van der Waals surface area contributed by atoms with Crippen molar-refractivity contribution in [1.82, 2.24) is 0 Å². The summed E-state index contributed by atoms with van der Waals surface area (Å²) in [6, 6.07) is 6.03. The maximum Gasteiger partial charge on any atom is 0.123 e. The van der Waals surface area contributed by atoms with Gasteiger partial charge in [0.1, 0.15) is 5.82 Å². The molecule has 0 saturated heterocycles. The standard InChI is InChI=1S/C12H11ClFNS/c13-11-2-1-9(14)6-10(11)12(15)5-8-3-4-16-7-8/h1-4,6-7,12H,5,15H2. The van der Waals surface area contributed by atoms with Crippen LogP contribution in [0.1, 0.15) is 17.2 Å². The largest absolute Gasteiger partial charge is 0.324 e. The molecule has 0 bridgehead atoms. The fourth-order valence-corrected chi connectivity index (χ4v) is 2.51. The molecular formula is C12H11ClFNS. The summed E-state index contributed by atoms with van der Waals surface area (Å²) in [4.78, 5) is 0. The van der Waals surface area contributed by atoms with Crippen LogP contribution in [0.4, 0.5) is 4.39 Å². The molecule has 0 radical (unpaired) electrons. The van der Waals surface area contributed by atoms with E-state index in [9.17, 15) is 4.39 Å². The summed E-state index contributed by atoms with van der Waals surface area (Å²) >= 11 is 7.61. The van der Waals surface area contributed by atoms with Crippen molar-refractivity contribution in [3.05, 3.63) is 57.0 Å². The van der Waals surface area contributed by atoms with Crippen molar-refractivity contribution in [1.29, 1.82) is 0 Å². The minimum Gasteiger partial charge on any atom is -0.324 e. The summed E-state index contributed by atoms with van der Waals surface area (Å²) in [5.41, 5.74) is 7.82. The molecule has 0 saturated carbocycles. The summed E-state index contributed by atoms with van der Waals surface area (Å²) in [6.45, 7) is 0. The van der Waals surface area contributed by atoms with Gasteiger partial charge in [-0.3, -0.25) is 0 Å². The number of nitrogens with two attached hydrogens (primary N) is 1. The topological polar surface area (TPSA) is 26.0 Å². The summed E-state index contributed by atoms with van der Waals surface area (Å²) in [6.07, 6.45) is 0.673. The lowest BCUT2D eigenvalue weighted by Gasteiger charge is -2.12. The molecule has 0 fully saturated rings. The van der Waals surface area contributed by atoms with E-state index in [1.807, 2.05) is 16.8 Å². The second-order valence-electron chi connectivity index (χ2n) is 3.61. The Hall–Kier alpha value is -0.900. The number of benzene rings is 1. The second-order valence-corrected chi connectivity index (χ2v) is 4.80. The fraction of sp³-hybridized carbons (Fsp3) is 0.167. The van der Waals surface area contributed by atoms with Crippen LogP contribution in [0.2, 0.25) is 5.02 Å². The van der Waals surface area contributed by atoms with Gasteiger partial charge in [0, 0.05) is 11.1 Å². The van der Waals surface area contributed by atoms with E-state index in [4.69, 9.17) is 17.3 Å². The lowest BCUT2D eigenvalue weighted by molar-refractivity contribution is 0.619. The average molecular weight is 256 g/mol. The van der Waals surface area contributed by atoms with Crippen LogP contribution in [-0.4, -0.2) is 0 Å². The number of rotatable bonds is 3. The van der Waals surface area contributed by atoms with Gasteiger partial charge in [-0.25, -0.2) is 4.39 Å². The molecule has 1 aromatic carbocycles. The third-order valence-electron chi connectivity index (χ3n) is 2.39. The molecule has 1 aromatic heterocycles. The van der Waals surface area contributed by atoms with Gasteiger partial charge in [-0.1, -0.05) is 11.6 Å². The summed E-state index contributed by atoms with van der Waals surface area (Å²) in [5.74, 6) is -0.305. The molecule has 1 nitrogen and oxygen atoms in total. The van der Waals surface area contributed by atoms with Crippen molar-refractivity contribution in [3.8, 4) is 0 Å². The first-order valence-corrected chi connectivity index (χ1v) is 6.20. The molecule has 2 aromatic rings. The van der Waals surface area contributed by atoms with Gasteiger partial charge in [0.25, 0.3) is 0 Å². The van der Waals surface area contributed by atoms with E-state index in [0.717, 1.165) is 5.56 Å². The molecule has 2 rings (SSSR count). The Bertz CT molecular complexity index is 470. The molecule has 2 N–H and O–H groups in total. The summed E-state index contributed by atoms with van der Waals surface area (Å²) < 4.78 is 13.1. The highest BCUT2D eigenvalue weighted by molar-refractivity contribution is 7.07. The molecule has 0 aliphatic carbocycles. The van der Waals surface area contributed by atoms with Crippen LogP contribution >= 0.6 is 22.9 Å². The second kappa shape index (κ2) is 4.95. The zero-order valence-corrected chi connectivity index (χ0v) is 10.1. The van der Waals surface area contributed by atoms with E-state index in [1.165, 1.54) is 12.1 Å². The minimum atomic E-state index is -0.305. The lowest BCUT2D eigenvalue weighted by atomic mass is 10.0. The highest BCUT2D eigenvalue weighted by atomic mass is 35.5. The Morgan fingerprint density at radius 1 is 1.38 bits per heavy atom. The number of hydrogen-bond donors (Lipinski definition) is 1.